The van der Waals surface area contributed by atoms with Crippen LogP contribution in [0.3, 0.4) is 0 Å². The van der Waals surface area contributed by atoms with Crippen LogP contribution >= 0.6 is 0 Å². The quantitative estimate of drug-likeness (QED) is 0.633. The summed E-state index contributed by atoms with van der Waals surface area (Å²) >= 11 is 0. The molecule has 0 bridgehead atoms. The first kappa shape index (κ1) is 16.8. The minimum Gasteiger partial charge on any atom is -0.466 e. The zero-order valence-electron chi connectivity index (χ0n) is 13.0. The van der Waals surface area contributed by atoms with Crippen molar-refractivity contribution in [3.05, 3.63) is 23.8 Å². The summed E-state index contributed by atoms with van der Waals surface area (Å²) in [6.07, 6.45) is 0.176. The van der Waals surface area contributed by atoms with Crippen molar-refractivity contribution in [2.75, 3.05) is 44.9 Å². The molecule has 0 fully saturated rings. The Morgan fingerprint density at radius 2 is 1.90 bits per heavy atom. The first-order valence-electron chi connectivity index (χ1n) is 6.84. The van der Waals surface area contributed by atoms with Crippen LogP contribution in [0.25, 0.3) is 0 Å². The molecule has 0 saturated carbocycles. The molecule has 0 unspecified atom stereocenters. The molecule has 1 aromatic rings. The molecule has 0 aromatic heterocycles. The number of anilines is 2. The van der Waals surface area contributed by atoms with Crippen molar-refractivity contribution < 1.29 is 14.3 Å². The van der Waals surface area contributed by atoms with Crippen LogP contribution in [-0.2, 0) is 9.53 Å². The highest BCUT2D eigenvalue weighted by atomic mass is 16.5. The highest BCUT2D eigenvalue weighted by molar-refractivity contribution is 6.00. The normalized spacial score (nSPS) is 10.1. The van der Waals surface area contributed by atoms with Crippen LogP contribution in [0.15, 0.2) is 18.2 Å². The molecule has 0 saturated heterocycles. The van der Waals surface area contributed by atoms with Crippen LogP contribution in [0, 0.1) is 0 Å². The maximum absolute atomic E-state index is 12.5. The van der Waals surface area contributed by atoms with E-state index in [-0.39, 0.29) is 18.3 Å². The van der Waals surface area contributed by atoms with E-state index in [0.29, 0.717) is 24.4 Å². The lowest BCUT2D eigenvalue weighted by molar-refractivity contribution is -0.143. The predicted molar refractivity (Wildman–Crippen MR) is 83.4 cm³/mol. The second-order valence-corrected chi connectivity index (χ2v) is 4.95. The smallest absolute Gasteiger partial charge is 0.307 e. The van der Waals surface area contributed by atoms with Gasteiger partial charge in [0.05, 0.1) is 18.6 Å². The number of hydrogen-bond donors (Lipinski definition) is 1. The van der Waals surface area contributed by atoms with Crippen LogP contribution < -0.4 is 10.6 Å². The molecule has 0 heterocycles. The van der Waals surface area contributed by atoms with E-state index in [2.05, 4.69) is 0 Å². The molecule has 1 rings (SSSR count). The zero-order chi connectivity index (χ0) is 16.0. The third kappa shape index (κ3) is 4.66. The summed E-state index contributed by atoms with van der Waals surface area (Å²) < 4.78 is 4.85. The first-order valence-corrected chi connectivity index (χ1v) is 6.84. The van der Waals surface area contributed by atoms with Crippen molar-refractivity contribution in [1.82, 2.24) is 4.90 Å². The molecule has 0 atom stereocenters. The number of carbonyl (C=O) groups is 2. The Hall–Kier alpha value is -2.24. The van der Waals surface area contributed by atoms with E-state index < -0.39 is 0 Å². The van der Waals surface area contributed by atoms with Crippen molar-refractivity contribution in [2.45, 2.75) is 13.3 Å². The van der Waals surface area contributed by atoms with Gasteiger partial charge in [-0.25, -0.2) is 0 Å². The molecule has 1 amide bonds. The summed E-state index contributed by atoms with van der Waals surface area (Å²) in [6, 6.07) is 5.21. The summed E-state index contributed by atoms with van der Waals surface area (Å²) in [5.74, 6) is -0.479. The highest BCUT2D eigenvalue weighted by Gasteiger charge is 2.18. The molecule has 0 aliphatic rings. The Balaban J connectivity index is 2.82. The Morgan fingerprint density at radius 1 is 1.24 bits per heavy atom. The SMILES string of the molecule is CCOC(=O)CCN(C)C(=O)c1cc(N)ccc1N(C)C. The van der Waals surface area contributed by atoms with Gasteiger partial charge in [-0.05, 0) is 25.1 Å². The van der Waals surface area contributed by atoms with Gasteiger partial charge in [-0.2, -0.15) is 0 Å². The van der Waals surface area contributed by atoms with Gasteiger partial charge in [0.2, 0.25) is 0 Å². The monoisotopic (exact) mass is 293 g/mol. The third-order valence-corrected chi connectivity index (χ3v) is 3.04. The first-order chi connectivity index (χ1) is 9.86. The average molecular weight is 293 g/mol. The van der Waals surface area contributed by atoms with Crippen LogP contribution in [-0.4, -0.2) is 51.1 Å². The lowest BCUT2D eigenvalue weighted by atomic mass is 10.1. The third-order valence-electron chi connectivity index (χ3n) is 3.04. The fraction of sp³-hybridized carbons (Fsp3) is 0.467. The van der Waals surface area contributed by atoms with E-state index in [4.69, 9.17) is 10.5 Å². The maximum Gasteiger partial charge on any atom is 0.307 e. The lowest BCUT2D eigenvalue weighted by Crippen LogP contribution is -2.30. The van der Waals surface area contributed by atoms with Crippen molar-refractivity contribution in [2.24, 2.45) is 0 Å². The molecular formula is C15H23N3O3. The summed E-state index contributed by atoms with van der Waals surface area (Å²) in [5.41, 5.74) is 7.60. The standard InChI is InChI=1S/C15H23N3O3/c1-5-21-14(19)8-9-18(4)15(20)12-10-11(16)6-7-13(12)17(2)3/h6-7,10H,5,8-9,16H2,1-4H3. The molecule has 0 radical (unpaired) electrons. The van der Waals surface area contributed by atoms with E-state index >= 15 is 0 Å². The summed E-state index contributed by atoms with van der Waals surface area (Å²) in [7, 11) is 5.38. The predicted octanol–water partition coefficient (Wildman–Crippen LogP) is 1.36. The summed E-state index contributed by atoms with van der Waals surface area (Å²) in [5, 5.41) is 0. The van der Waals surface area contributed by atoms with E-state index in [1.807, 2.05) is 25.1 Å². The molecule has 21 heavy (non-hydrogen) atoms. The Morgan fingerprint density at radius 3 is 2.48 bits per heavy atom. The summed E-state index contributed by atoms with van der Waals surface area (Å²) in [4.78, 5) is 27.2. The van der Waals surface area contributed by atoms with Crippen molar-refractivity contribution >= 4 is 23.3 Å². The molecule has 0 spiro atoms. The minimum atomic E-state index is -0.308. The van der Waals surface area contributed by atoms with Gasteiger partial charge < -0.3 is 20.3 Å². The van der Waals surface area contributed by atoms with Crippen LogP contribution in [0.4, 0.5) is 11.4 Å². The van der Waals surface area contributed by atoms with E-state index in [0.717, 1.165) is 5.69 Å². The number of amides is 1. The molecular weight excluding hydrogens is 270 g/mol. The van der Waals surface area contributed by atoms with Crippen molar-refractivity contribution in [1.29, 1.82) is 0 Å². The molecule has 6 nitrogen and oxygen atoms in total. The molecule has 116 valence electrons. The highest BCUT2D eigenvalue weighted by Crippen LogP contribution is 2.22. The van der Waals surface area contributed by atoms with Gasteiger partial charge in [-0.3, -0.25) is 9.59 Å². The summed E-state index contributed by atoms with van der Waals surface area (Å²) in [6.45, 7) is 2.40. The number of ether oxygens (including phenoxy) is 1. The van der Waals surface area contributed by atoms with Gasteiger partial charge in [0.1, 0.15) is 0 Å². The fourth-order valence-electron chi connectivity index (χ4n) is 1.91. The van der Waals surface area contributed by atoms with E-state index in [1.54, 1.807) is 26.1 Å². The number of carbonyl (C=O) groups excluding carboxylic acids is 2. The molecule has 1 aromatic carbocycles. The van der Waals surface area contributed by atoms with E-state index in [1.165, 1.54) is 4.90 Å². The number of hydrogen-bond acceptors (Lipinski definition) is 5. The number of nitrogen functional groups attached to an aromatic ring is 1. The minimum absolute atomic E-state index is 0.171. The van der Waals surface area contributed by atoms with Crippen molar-refractivity contribution in [3.8, 4) is 0 Å². The Labute approximate surface area is 125 Å². The Bertz CT molecular complexity index is 515. The van der Waals surface area contributed by atoms with Gasteiger partial charge in [-0.15, -0.1) is 0 Å². The van der Waals surface area contributed by atoms with Crippen LogP contribution in [0.5, 0.6) is 0 Å². The molecule has 6 heteroatoms. The van der Waals surface area contributed by atoms with Gasteiger partial charge >= 0.3 is 5.97 Å². The number of nitrogens with two attached hydrogens (primary N) is 1. The number of rotatable bonds is 6. The van der Waals surface area contributed by atoms with Gasteiger partial charge in [0, 0.05) is 39.1 Å². The molecule has 0 aliphatic carbocycles. The molecule has 0 aliphatic heterocycles. The lowest BCUT2D eigenvalue weighted by Gasteiger charge is -2.22. The number of nitrogens with zero attached hydrogens (tertiary/aromatic N) is 2. The second kappa shape index (κ2) is 7.52. The number of esters is 1. The Kier molecular flexibility index (Phi) is 6.02. The topological polar surface area (TPSA) is 75.9 Å². The number of benzene rings is 1. The van der Waals surface area contributed by atoms with Crippen LogP contribution in [0.2, 0.25) is 0 Å². The molecule has 2 N–H and O–H groups in total. The zero-order valence-corrected chi connectivity index (χ0v) is 13.0. The van der Waals surface area contributed by atoms with Crippen LogP contribution in [0.1, 0.15) is 23.7 Å². The van der Waals surface area contributed by atoms with Gasteiger partial charge in [-0.1, -0.05) is 0 Å². The maximum atomic E-state index is 12.5. The van der Waals surface area contributed by atoms with Crippen molar-refractivity contribution in [3.63, 3.8) is 0 Å². The second-order valence-electron chi connectivity index (χ2n) is 4.95. The fourth-order valence-corrected chi connectivity index (χ4v) is 1.91. The average Bonchev–Trinajstić information content (AvgIpc) is 2.43. The van der Waals surface area contributed by atoms with E-state index in [9.17, 15) is 9.59 Å². The van der Waals surface area contributed by atoms with Gasteiger partial charge in [0.15, 0.2) is 0 Å². The largest absolute Gasteiger partial charge is 0.466 e. The van der Waals surface area contributed by atoms with Gasteiger partial charge in [0.25, 0.3) is 5.91 Å².